The van der Waals surface area contributed by atoms with Crippen LogP contribution in [0.1, 0.15) is 439 Å². The molecule has 10 nitrogen and oxygen atoms in total. The zero-order valence-corrected chi connectivity index (χ0v) is 67.5. The van der Waals surface area contributed by atoms with Gasteiger partial charge in [-0.05, 0) is 84.0 Å². The first-order valence-corrected chi connectivity index (χ1v) is 45.2. The van der Waals surface area contributed by atoms with E-state index in [0.29, 0.717) is 26.2 Å². The molecule has 0 radical (unpaired) electrons. The molecule has 588 valence electrons. The fraction of sp³-hybridized carbons (Fsp3) is 1.00. The minimum Gasteiger partial charge on any atom is -0.392 e. The lowest BCUT2D eigenvalue weighted by atomic mass is 10.0. The molecule has 0 aromatic rings. The zero-order chi connectivity index (χ0) is 70.9. The average molecular weight is 1390 g/mol. The standard InChI is InChI=1S/C88H181N5O5/c1-6-11-16-21-26-31-36-41-46-55-64-84(94)79-91(70-61-52-54-63-72-93(82-87(97)67-58-49-44-39-34-29-24-19-14-9-4)83-88(98)68-59-50-45-40-35-30-25-20-15-10-5)78-77-90-75-73-89(74-76-90)69-60-51-53-62-71-92(80-85(95)65-56-47-42-37-32-27-22-17-12-7-2)81-86(96)66-57-48-43-38-33-28-23-18-13-8-3/h84-88,94-98H,6-83H2,1-5H3. The molecule has 1 aliphatic rings. The van der Waals surface area contributed by atoms with Crippen molar-refractivity contribution in [3.63, 3.8) is 0 Å². The maximum Gasteiger partial charge on any atom is 0.0667 e. The van der Waals surface area contributed by atoms with E-state index < -0.39 is 0 Å². The van der Waals surface area contributed by atoms with Gasteiger partial charge >= 0.3 is 0 Å². The highest BCUT2D eigenvalue weighted by Gasteiger charge is 2.21. The molecule has 1 aliphatic heterocycles. The minimum absolute atomic E-state index is 0.257. The van der Waals surface area contributed by atoms with Gasteiger partial charge in [-0.15, -0.1) is 0 Å². The second-order valence-electron chi connectivity index (χ2n) is 32.5. The Morgan fingerprint density at radius 2 is 0.367 bits per heavy atom. The topological polar surface area (TPSA) is 117 Å². The molecule has 0 aliphatic carbocycles. The molecular formula is C88H181N5O5. The zero-order valence-electron chi connectivity index (χ0n) is 67.5. The number of rotatable bonds is 82. The molecule has 5 atom stereocenters. The van der Waals surface area contributed by atoms with Crippen molar-refractivity contribution in [3.8, 4) is 0 Å². The van der Waals surface area contributed by atoms with E-state index in [2.05, 4.69) is 59.1 Å². The second-order valence-corrected chi connectivity index (χ2v) is 32.5. The quantitative estimate of drug-likeness (QED) is 0.0377. The van der Waals surface area contributed by atoms with E-state index in [0.717, 1.165) is 149 Å². The van der Waals surface area contributed by atoms with Gasteiger partial charge in [-0.3, -0.25) is 19.6 Å². The lowest BCUT2D eigenvalue weighted by Gasteiger charge is -2.36. The Labute approximate surface area is 614 Å². The molecule has 1 rings (SSSR count). The summed E-state index contributed by atoms with van der Waals surface area (Å²) in [5.41, 5.74) is 0. The summed E-state index contributed by atoms with van der Waals surface area (Å²) in [6.07, 6.45) is 78.4. The highest BCUT2D eigenvalue weighted by Crippen LogP contribution is 2.21. The fourth-order valence-electron chi connectivity index (χ4n) is 15.7. The van der Waals surface area contributed by atoms with Gasteiger partial charge in [-0.2, -0.15) is 0 Å². The van der Waals surface area contributed by atoms with Crippen molar-refractivity contribution < 1.29 is 25.5 Å². The number of hydrogen-bond donors (Lipinski definition) is 5. The summed E-state index contributed by atoms with van der Waals surface area (Å²) in [7, 11) is 0. The first-order chi connectivity index (χ1) is 48.1. The Balaban J connectivity index is 2.73. The van der Waals surface area contributed by atoms with Gasteiger partial charge in [0.2, 0.25) is 0 Å². The number of aliphatic hydroxyl groups is 5. The first-order valence-electron chi connectivity index (χ1n) is 45.2. The molecule has 98 heavy (non-hydrogen) atoms. The van der Waals surface area contributed by atoms with E-state index in [1.807, 2.05) is 0 Å². The molecule has 1 heterocycles. The largest absolute Gasteiger partial charge is 0.392 e. The first kappa shape index (κ1) is 95.6. The smallest absolute Gasteiger partial charge is 0.0667 e. The molecule has 1 fully saturated rings. The number of hydrogen-bond acceptors (Lipinski definition) is 10. The Kier molecular flexibility index (Phi) is 74.4. The van der Waals surface area contributed by atoms with Crippen LogP contribution in [0.15, 0.2) is 0 Å². The van der Waals surface area contributed by atoms with E-state index >= 15 is 0 Å². The third-order valence-electron chi connectivity index (χ3n) is 22.4. The molecule has 1 saturated heterocycles. The molecule has 0 aromatic carbocycles. The van der Waals surface area contributed by atoms with Crippen molar-refractivity contribution in [2.75, 3.05) is 98.2 Å². The number of aliphatic hydroxyl groups excluding tert-OH is 5. The van der Waals surface area contributed by atoms with Crippen LogP contribution in [0.2, 0.25) is 0 Å². The maximum atomic E-state index is 11.5. The third-order valence-corrected chi connectivity index (χ3v) is 22.4. The molecular weight excluding hydrogens is 1210 g/mol. The minimum atomic E-state index is -0.318. The van der Waals surface area contributed by atoms with Crippen molar-refractivity contribution in [2.45, 2.75) is 470 Å². The lowest BCUT2D eigenvalue weighted by Crippen LogP contribution is -2.49. The molecule has 5 unspecified atom stereocenters. The highest BCUT2D eigenvalue weighted by molar-refractivity contribution is 4.77. The van der Waals surface area contributed by atoms with Crippen LogP contribution >= 0.6 is 0 Å². The number of piperazine rings is 1. The summed E-state index contributed by atoms with van der Waals surface area (Å²) in [6.45, 7) is 25.8. The van der Waals surface area contributed by atoms with Crippen LogP contribution in [0.3, 0.4) is 0 Å². The Morgan fingerprint density at radius 1 is 0.194 bits per heavy atom. The average Bonchev–Trinajstić information content (AvgIpc) is 1.07. The normalized spacial score (nSPS) is 15.0. The van der Waals surface area contributed by atoms with Gasteiger partial charge in [-0.1, -0.05) is 381 Å². The predicted octanol–water partition coefficient (Wildman–Crippen LogP) is 23.0. The van der Waals surface area contributed by atoms with Crippen molar-refractivity contribution >= 4 is 0 Å². The summed E-state index contributed by atoms with van der Waals surface area (Å²) < 4.78 is 0. The van der Waals surface area contributed by atoms with E-state index in [1.54, 1.807) is 0 Å². The van der Waals surface area contributed by atoms with E-state index in [1.165, 1.54) is 328 Å². The molecule has 0 aromatic heterocycles. The van der Waals surface area contributed by atoms with Crippen molar-refractivity contribution in [1.29, 1.82) is 0 Å². The SMILES string of the molecule is CCCCCCCCCCCCC(O)CN(CCCCCCN(CC(O)CCCCCCCCCCCC)CC(O)CCCCCCCCCCCC)CCN1CCN(CCCCCCN(CC(O)CCCCCCCCCCCC)CC(O)CCCCCCCCCCCC)CC1. The summed E-state index contributed by atoms with van der Waals surface area (Å²) in [4.78, 5) is 12.8. The van der Waals surface area contributed by atoms with E-state index in [9.17, 15) is 25.5 Å². The molecule has 0 amide bonds. The van der Waals surface area contributed by atoms with Crippen LogP contribution in [-0.2, 0) is 0 Å². The van der Waals surface area contributed by atoms with Gasteiger partial charge in [0, 0.05) is 72.0 Å². The summed E-state index contributed by atoms with van der Waals surface area (Å²) >= 11 is 0. The summed E-state index contributed by atoms with van der Waals surface area (Å²) in [5.74, 6) is 0. The summed E-state index contributed by atoms with van der Waals surface area (Å²) in [5, 5.41) is 56.6. The van der Waals surface area contributed by atoms with E-state index in [4.69, 9.17) is 0 Å². The monoisotopic (exact) mass is 1390 g/mol. The summed E-state index contributed by atoms with van der Waals surface area (Å²) in [6, 6.07) is 0. The van der Waals surface area contributed by atoms with Gasteiger partial charge in [0.15, 0.2) is 0 Å². The van der Waals surface area contributed by atoms with Crippen molar-refractivity contribution in [1.82, 2.24) is 24.5 Å². The molecule has 0 bridgehead atoms. The van der Waals surface area contributed by atoms with Crippen LogP contribution in [0.5, 0.6) is 0 Å². The van der Waals surface area contributed by atoms with Gasteiger partial charge in [-0.25, -0.2) is 0 Å². The van der Waals surface area contributed by atoms with Crippen molar-refractivity contribution in [3.05, 3.63) is 0 Å². The van der Waals surface area contributed by atoms with E-state index in [-0.39, 0.29) is 30.5 Å². The van der Waals surface area contributed by atoms with Gasteiger partial charge in [0.05, 0.1) is 30.5 Å². The fourth-order valence-corrected chi connectivity index (χ4v) is 15.7. The van der Waals surface area contributed by atoms with Gasteiger partial charge < -0.3 is 30.4 Å². The number of unbranched alkanes of at least 4 members (excludes halogenated alkanes) is 51. The van der Waals surface area contributed by atoms with Crippen LogP contribution < -0.4 is 0 Å². The predicted molar refractivity (Wildman–Crippen MR) is 431 cm³/mol. The lowest BCUT2D eigenvalue weighted by molar-refractivity contribution is 0.0591. The van der Waals surface area contributed by atoms with Crippen LogP contribution in [-0.4, -0.2) is 179 Å². The Morgan fingerprint density at radius 3 is 0.602 bits per heavy atom. The van der Waals surface area contributed by atoms with Crippen molar-refractivity contribution in [2.24, 2.45) is 0 Å². The Hall–Kier alpha value is -0.400. The molecule has 0 saturated carbocycles. The highest BCUT2D eigenvalue weighted by atomic mass is 16.3. The van der Waals surface area contributed by atoms with Crippen LogP contribution in [0, 0.1) is 0 Å². The number of nitrogens with zero attached hydrogens (tertiary/aromatic N) is 5. The molecule has 10 heteroatoms. The van der Waals surface area contributed by atoms with Gasteiger partial charge in [0.1, 0.15) is 0 Å². The van der Waals surface area contributed by atoms with Crippen LogP contribution in [0.4, 0.5) is 0 Å². The third kappa shape index (κ3) is 67.5. The maximum absolute atomic E-state index is 11.5. The Bertz CT molecular complexity index is 1440. The molecule has 5 N–H and O–H groups in total. The second kappa shape index (κ2) is 76.3. The molecule has 0 spiro atoms. The van der Waals surface area contributed by atoms with Crippen LogP contribution in [0.25, 0.3) is 0 Å². The van der Waals surface area contributed by atoms with Gasteiger partial charge in [0.25, 0.3) is 0 Å².